The molecule has 0 atom stereocenters. The average Bonchev–Trinajstić information content (AvgIpc) is 3.67. The molecule has 0 aliphatic heterocycles. The highest BCUT2D eigenvalue weighted by atomic mass is 16.3. The number of para-hydroxylation sites is 2. The molecule has 0 saturated carbocycles. The van der Waals surface area contributed by atoms with Gasteiger partial charge in [0.1, 0.15) is 11.2 Å². The molecule has 3 nitrogen and oxygen atoms in total. The Labute approximate surface area is 236 Å². The lowest BCUT2D eigenvalue weighted by Gasteiger charge is -2.09. The number of benzene rings is 5. The predicted molar refractivity (Wildman–Crippen MR) is 173 cm³/mol. The fourth-order valence-electron chi connectivity index (χ4n) is 6.93. The van der Waals surface area contributed by atoms with Gasteiger partial charge in [-0.05, 0) is 90.2 Å². The molecular weight excluding hydrogens is 500 g/mol. The molecule has 0 N–H and O–H groups in total. The van der Waals surface area contributed by atoms with Crippen LogP contribution in [0.5, 0.6) is 0 Å². The number of aromatic nitrogens is 2. The molecule has 9 rings (SSSR count). The molecular formula is C38H26N2O. The number of hydrogen-bond donors (Lipinski definition) is 0. The lowest BCUT2D eigenvalue weighted by atomic mass is 9.97. The lowest BCUT2D eigenvalue weighted by Crippen LogP contribution is -1.95. The summed E-state index contributed by atoms with van der Waals surface area (Å²) in [6.07, 6.45) is 8.58. The molecule has 3 heterocycles. The van der Waals surface area contributed by atoms with E-state index in [2.05, 4.69) is 119 Å². The van der Waals surface area contributed by atoms with Gasteiger partial charge in [0.2, 0.25) is 0 Å². The fraction of sp³-hybridized carbons (Fsp3) is 0.0526. The van der Waals surface area contributed by atoms with Crippen LogP contribution >= 0.6 is 0 Å². The minimum absolute atomic E-state index is 0.913. The summed E-state index contributed by atoms with van der Waals surface area (Å²) in [5.41, 5.74) is 11.7. The Hall–Kier alpha value is -5.28. The SMILES string of the molecule is C=Cn1c2c(c3cc(-c4ccc5c(c4)c4ccccc4n5-c4ccc5oc6ccccc6c5c4)ccc31)CCC=C2. The highest BCUT2D eigenvalue weighted by molar-refractivity contribution is 6.11. The Kier molecular flexibility index (Phi) is 4.59. The van der Waals surface area contributed by atoms with Gasteiger partial charge in [-0.2, -0.15) is 0 Å². The van der Waals surface area contributed by atoms with E-state index in [0.717, 1.165) is 40.5 Å². The second-order valence-electron chi connectivity index (χ2n) is 11.0. The van der Waals surface area contributed by atoms with Crippen LogP contribution in [0.15, 0.2) is 120 Å². The molecule has 0 fully saturated rings. The monoisotopic (exact) mass is 526 g/mol. The van der Waals surface area contributed by atoms with Gasteiger partial charge in [0.15, 0.2) is 0 Å². The first kappa shape index (κ1) is 22.5. The molecule has 0 radical (unpaired) electrons. The normalized spacial score (nSPS) is 13.2. The molecule has 8 aromatic rings. The standard InChI is InChI=1S/C38H26N2O/c1-2-39-33-12-6-3-9-27(33)30-21-24(15-18-34(30)39)25-16-19-36-31(22-25)28-10-4-7-13-35(28)40(36)26-17-20-38-32(23-26)29-11-5-8-14-37(29)41-38/h2,4-8,10-23H,1,3,9H2. The number of aryl methyl sites for hydroxylation is 1. The van der Waals surface area contributed by atoms with Crippen LogP contribution in [-0.4, -0.2) is 9.13 Å². The van der Waals surface area contributed by atoms with Crippen LogP contribution in [0.1, 0.15) is 17.7 Å². The molecule has 3 heteroatoms. The van der Waals surface area contributed by atoms with Crippen molar-refractivity contribution in [3.8, 4) is 16.8 Å². The maximum absolute atomic E-state index is 6.12. The van der Waals surface area contributed by atoms with Crippen molar-refractivity contribution in [3.05, 3.63) is 127 Å². The summed E-state index contributed by atoms with van der Waals surface area (Å²) in [6.45, 7) is 4.08. The van der Waals surface area contributed by atoms with Gasteiger partial charge in [-0.1, -0.05) is 61.2 Å². The molecule has 0 spiro atoms. The largest absolute Gasteiger partial charge is 0.456 e. The predicted octanol–water partition coefficient (Wildman–Crippen LogP) is 10.4. The van der Waals surface area contributed by atoms with Crippen molar-refractivity contribution in [3.63, 3.8) is 0 Å². The van der Waals surface area contributed by atoms with Crippen molar-refractivity contribution in [1.29, 1.82) is 0 Å². The van der Waals surface area contributed by atoms with Gasteiger partial charge in [0, 0.05) is 44.5 Å². The van der Waals surface area contributed by atoms with Gasteiger partial charge in [-0.15, -0.1) is 0 Å². The number of furan rings is 1. The first-order valence-electron chi connectivity index (χ1n) is 14.2. The van der Waals surface area contributed by atoms with E-state index in [-0.39, 0.29) is 0 Å². The summed E-state index contributed by atoms with van der Waals surface area (Å²) in [7, 11) is 0. The van der Waals surface area contributed by atoms with Crippen LogP contribution in [0.2, 0.25) is 0 Å². The minimum Gasteiger partial charge on any atom is -0.456 e. The summed E-state index contributed by atoms with van der Waals surface area (Å²) in [5, 5.41) is 6.11. The maximum atomic E-state index is 6.12. The summed E-state index contributed by atoms with van der Waals surface area (Å²) in [5.74, 6) is 0. The van der Waals surface area contributed by atoms with Crippen molar-refractivity contribution >= 4 is 66.9 Å². The number of rotatable bonds is 3. The molecule has 194 valence electrons. The third-order valence-corrected chi connectivity index (χ3v) is 8.79. The molecule has 41 heavy (non-hydrogen) atoms. The van der Waals surface area contributed by atoms with Crippen molar-refractivity contribution < 1.29 is 4.42 Å². The van der Waals surface area contributed by atoms with Crippen LogP contribution < -0.4 is 0 Å². The van der Waals surface area contributed by atoms with E-state index in [4.69, 9.17) is 4.42 Å². The van der Waals surface area contributed by atoms with Gasteiger partial charge in [-0.25, -0.2) is 0 Å². The summed E-state index contributed by atoms with van der Waals surface area (Å²) >= 11 is 0. The molecule has 0 amide bonds. The van der Waals surface area contributed by atoms with Gasteiger partial charge in [0.25, 0.3) is 0 Å². The highest BCUT2D eigenvalue weighted by Crippen LogP contribution is 2.39. The van der Waals surface area contributed by atoms with E-state index in [1.807, 2.05) is 18.3 Å². The Bertz CT molecular complexity index is 2390. The average molecular weight is 527 g/mol. The molecule has 0 bridgehead atoms. The number of hydrogen-bond acceptors (Lipinski definition) is 1. The second kappa shape index (κ2) is 8.36. The Morgan fingerprint density at radius 2 is 1.37 bits per heavy atom. The summed E-state index contributed by atoms with van der Waals surface area (Å²) < 4.78 is 10.7. The second-order valence-corrected chi connectivity index (χ2v) is 11.0. The Balaban J connectivity index is 1.26. The summed E-state index contributed by atoms with van der Waals surface area (Å²) in [6, 6.07) is 37.3. The number of nitrogens with zero attached hydrogens (tertiary/aromatic N) is 2. The van der Waals surface area contributed by atoms with Crippen LogP contribution in [-0.2, 0) is 6.42 Å². The molecule has 3 aromatic heterocycles. The van der Waals surface area contributed by atoms with Crippen molar-refractivity contribution in [1.82, 2.24) is 9.13 Å². The smallest absolute Gasteiger partial charge is 0.135 e. The fourth-order valence-corrected chi connectivity index (χ4v) is 6.93. The molecule has 0 saturated heterocycles. The lowest BCUT2D eigenvalue weighted by molar-refractivity contribution is 0.669. The van der Waals surface area contributed by atoms with E-state index in [0.29, 0.717) is 0 Å². The highest BCUT2D eigenvalue weighted by Gasteiger charge is 2.18. The van der Waals surface area contributed by atoms with E-state index >= 15 is 0 Å². The van der Waals surface area contributed by atoms with Crippen molar-refractivity contribution in [2.75, 3.05) is 0 Å². The van der Waals surface area contributed by atoms with Crippen molar-refractivity contribution in [2.24, 2.45) is 0 Å². The summed E-state index contributed by atoms with van der Waals surface area (Å²) in [4.78, 5) is 0. The van der Waals surface area contributed by atoms with Crippen molar-refractivity contribution in [2.45, 2.75) is 12.8 Å². The van der Waals surface area contributed by atoms with E-state index in [9.17, 15) is 0 Å². The van der Waals surface area contributed by atoms with Crippen LogP contribution in [0.4, 0.5) is 0 Å². The third kappa shape index (κ3) is 3.14. The molecule has 5 aromatic carbocycles. The van der Waals surface area contributed by atoms with E-state index in [1.165, 1.54) is 55.1 Å². The van der Waals surface area contributed by atoms with Crippen LogP contribution in [0, 0.1) is 0 Å². The molecule has 1 aliphatic rings. The third-order valence-electron chi connectivity index (χ3n) is 8.79. The topological polar surface area (TPSA) is 23.0 Å². The van der Waals surface area contributed by atoms with Gasteiger partial charge < -0.3 is 13.6 Å². The molecule has 0 unspecified atom stereocenters. The van der Waals surface area contributed by atoms with Gasteiger partial charge in [-0.3, -0.25) is 0 Å². The zero-order valence-electron chi connectivity index (χ0n) is 22.5. The van der Waals surface area contributed by atoms with Crippen LogP contribution in [0.25, 0.3) is 83.7 Å². The minimum atomic E-state index is 0.913. The van der Waals surface area contributed by atoms with E-state index < -0.39 is 0 Å². The zero-order valence-corrected chi connectivity index (χ0v) is 22.5. The molecule has 1 aliphatic carbocycles. The van der Waals surface area contributed by atoms with Gasteiger partial charge in [0.05, 0.1) is 16.6 Å². The first-order valence-corrected chi connectivity index (χ1v) is 14.2. The van der Waals surface area contributed by atoms with E-state index in [1.54, 1.807) is 0 Å². The Morgan fingerprint density at radius 3 is 2.24 bits per heavy atom. The van der Waals surface area contributed by atoms with Gasteiger partial charge >= 0.3 is 0 Å². The number of fused-ring (bicyclic) bond motifs is 9. The first-order chi connectivity index (χ1) is 20.3. The maximum Gasteiger partial charge on any atom is 0.135 e. The quantitative estimate of drug-likeness (QED) is 0.225. The number of allylic oxidation sites excluding steroid dienone is 1. The van der Waals surface area contributed by atoms with Crippen LogP contribution in [0.3, 0.4) is 0 Å². The zero-order chi connectivity index (χ0) is 27.1. The Morgan fingerprint density at radius 1 is 0.634 bits per heavy atom.